The molecule has 1 saturated carbocycles. The fourth-order valence-electron chi connectivity index (χ4n) is 8.61. The lowest BCUT2D eigenvalue weighted by Crippen LogP contribution is -2.57. The van der Waals surface area contributed by atoms with Crippen molar-refractivity contribution in [3.63, 3.8) is 0 Å². The van der Waals surface area contributed by atoms with Gasteiger partial charge >= 0.3 is 5.97 Å². The van der Waals surface area contributed by atoms with E-state index in [0.29, 0.717) is 50.5 Å². The van der Waals surface area contributed by atoms with Crippen molar-refractivity contribution in [2.75, 3.05) is 20.8 Å². The van der Waals surface area contributed by atoms with Crippen molar-refractivity contribution in [2.45, 2.75) is 174 Å². The third-order valence-electron chi connectivity index (χ3n) is 12.2. The van der Waals surface area contributed by atoms with Crippen molar-refractivity contribution in [1.29, 1.82) is 5.26 Å². The highest BCUT2D eigenvalue weighted by atomic mass is 16.5. The normalized spacial score (nSPS) is 22.8. The van der Waals surface area contributed by atoms with Gasteiger partial charge in [0.25, 0.3) is 11.7 Å². The summed E-state index contributed by atoms with van der Waals surface area (Å²) in [5, 5.41) is 51.2. The maximum atomic E-state index is 13.7. The van der Waals surface area contributed by atoms with E-state index >= 15 is 0 Å². The number of carbonyl (C=O) groups excluding carboxylic acids is 3. The quantitative estimate of drug-likeness (QED) is 0.0297. The molecule has 0 aromatic rings. The van der Waals surface area contributed by atoms with Crippen LogP contribution in [0.3, 0.4) is 0 Å². The van der Waals surface area contributed by atoms with Crippen LogP contribution in [0.4, 0.5) is 0 Å². The summed E-state index contributed by atoms with van der Waals surface area (Å²) in [4.78, 5) is 52.2. The molecule has 1 heterocycles. The monoisotopic (exact) mass is 815 g/mol. The number of carboxylic acid groups (broad SMARTS) is 1. The summed E-state index contributed by atoms with van der Waals surface area (Å²) in [6.07, 6.45) is 18.4. The molecule has 9 unspecified atom stereocenters. The lowest BCUT2D eigenvalue weighted by Gasteiger charge is -2.35. The second-order valence-electron chi connectivity index (χ2n) is 17.4. The Morgan fingerprint density at radius 2 is 1.67 bits per heavy atom. The molecule has 12 heteroatoms. The van der Waals surface area contributed by atoms with E-state index in [0.717, 1.165) is 61.8 Å². The van der Waals surface area contributed by atoms with Crippen molar-refractivity contribution in [3.8, 4) is 6.07 Å². The van der Waals surface area contributed by atoms with Crippen LogP contribution in [0.1, 0.15) is 144 Å². The Bertz CT molecular complexity index is 1450. The summed E-state index contributed by atoms with van der Waals surface area (Å²) in [6.45, 7) is 9.79. The smallest absolute Gasteiger partial charge is 0.326 e. The number of nitrogens with zero attached hydrogens (tertiary/aromatic N) is 2. The molecule has 58 heavy (non-hydrogen) atoms. The molecule has 2 rings (SSSR count). The Labute approximate surface area is 347 Å². The van der Waals surface area contributed by atoms with Crippen molar-refractivity contribution < 1.29 is 49.1 Å². The molecule has 12 nitrogen and oxygen atoms in total. The summed E-state index contributed by atoms with van der Waals surface area (Å²) < 4.78 is 11.2. The number of allylic oxidation sites excluding steroid dienone is 6. The number of hydrogen-bond donors (Lipinski definition) is 4. The summed E-state index contributed by atoms with van der Waals surface area (Å²) in [6, 6.07) is 0.962. The molecule has 1 amide bonds. The van der Waals surface area contributed by atoms with Crippen molar-refractivity contribution in [2.24, 2.45) is 29.6 Å². The first kappa shape index (κ1) is 50.9. The number of unbranched alkanes of at least 4 members (excludes halogenated alkanes) is 1. The minimum Gasteiger partial charge on any atom is -0.480 e. The first-order valence-corrected chi connectivity index (χ1v) is 21.6. The molecule has 0 aromatic heterocycles. The number of aliphatic hydroxyl groups is 3. The second-order valence-corrected chi connectivity index (χ2v) is 17.4. The largest absolute Gasteiger partial charge is 0.480 e. The molecule has 2 aliphatic rings. The van der Waals surface area contributed by atoms with E-state index in [1.54, 1.807) is 7.11 Å². The summed E-state index contributed by atoms with van der Waals surface area (Å²) in [7, 11) is 3.29. The second kappa shape index (κ2) is 26.1. The first-order valence-electron chi connectivity index (χ1n) is 21.6. The number of Topliss-reactive ketones (excluding diaryl/α,β-unsaturated/α-hetero) is 2. The highest BCUT2D eigenvalue weighted by Crippen LogP contribution is 2.31. The first-order chi connectivity index (χ1) is 27.4. The minimum absolute atomic E-state index is 0.00755. The van der Waals surface area contributed by atoms with E-state index in [1.165, 1.54) is 19.6 Å². The number of methoxy groups -OCH3 is 2. The van der Waals surface area contributed by atoms with Crippen LogP contribution in [0.5, 0.6) is 0 Å². The molecule has 4 N–H and O–H groups in total. The zero-order chi connectivity index (χ0) is 43.4. The van der Waals surface area contributed by atoms with Gasteiger partial charge in [0.2, 0.25) is 5.79 Å². The standard InChI is InChI=1S/C46H74N2O10/c1-31(16-14-19-38(57-6)28-35(5)46(55,56)43(51)44(52)48-23-13-11-21-40(48)45(53)54)24-32(2)27-37(18-10-8-9-12-22-47)42(50)30-41(49)34(4)25-33(3)26-36-17-15-20-39(29-36)58-7/h8,10,26-27,31,34-41,49,55-56H,9,11-21,23-25,28-30H2,1-7H3,(H,53,54). The number of hydrogen-bond acceptors (Lipinski definition) is 10. The van der Waals surface area contributed by atoms with E-state index in [4.69, 9.17) is 14.7 Å². The van der Waals surface area contributed by atoms with Crippen LogP contribution in [0.25, 0.3) is 0 Å². The van der Waals surface area contributed by atoms with Crippen LogP contribution >= 0.6 is 0 Å². The Morgan fingerprint density at radius 1 is 0.948 bits per heavy atom. The number of aliphatic hydroxyl groups excluding tert-OH is 1. The van der Waals surface area contributed by atoms with Gasteiger partial charge in [0.05, 0.1) is 24.4 Å². The van der Waals surface area contributed by atoms with Crippen LogP contribution in [-0.2, 0) is 28.7 Å². The summed E-state index contributed by atoms with van der Waals surface area (Å²) in [5.41, 5.74) is 2.31. The molecular formula is C46H74N2O10. The maximum Gasteiger partial charge on any atom is 0.326 e. The van der Waals surface area contributed by atoms with Crippen LogP contribution in [0.2, 0.25) is 0 Å². The third-order valence-corrected chi connectivity index (χ3v) is 12.2. The molecule has 2 fully saturated rings. The van der Waals surface area contributed by atoms with Crippen LogP contribution < -0.4 is 0 Å². The van der Waals surface area contributed by atoms with E-state index in [-0.39, 0.29) is 43.4 Å². The molecule has 1 aliphatic carbocycles. The number of nitriles is 1. The number of likely N-dealkylation sites (tertiary alicyclic amines) is 1. The number of ketones is 2. The van der Waals surface area contributed by atoms with Gasteiger partial charge in [0.1, 0.15) is 11.8 Å². The molecule has 328 valence electrons. The summed E-state index contributed by atoms with van der Waals surface area (Å²) >= 11 is 0. The van der Waals surface area contributed by atoms with Gasteiger partial charge in [-0.05, 0) is 109 Å². The van der Waals surface area contributed by atoms with Crippen molar-refractivity contribution in [1.82, 2.24) is 4.90 Å². The number of aliphatic carboxylic acids is 1. The number of ether oxygens (including phenoxy) is 2. The van der Waals surface area contributed by atoms with Crippen LogP contribution in [0, 0.1) is 40.9 Å². The van der Waals surface area contributed by atoms with Gasteiger partial charge in [0, 0.05) is 45.4 Å². The molecule has 0 aromatic carbocycles. The molecule has 0 bridgehead atoms. The minimum atomic E-state index is -2.98. The van der Waals surface area contributed by atoms with Crippen LogP contribution in [-0.4, -0.2) is 99.7 Å². The van der Waals surface area contributed by atoms with E-state index in [9.17, 15) is 39.6 Å². The van der Waals surface area contributed by atoms with E-state index in [2.05, 4.69) is 26.0 Å². The Hall–Kier alpha value is -3.21. The Kier molecular flexibility index (Phi) is 22.9. The number of carboxylic acids is 1. The van der Waals surface area contributed by atoms with Crippen molar-refractivity contribution in [3.05, 3.63) is 35.5 Å². The fraction of sp³-hybridized carbons (Fsp3) is 0.761. The van der Waals surface area contributed by atoms with Gasteiger partial charge < -0.3 is 34.8 Å². The predicted octanol–water partition coefficient (Wildman–Crippen LogP) is 7.25. The molecule has 1 saturated heterocycles. The van der Waals surface area contributed by atoms with E-state index in [1.807, 2.05) is 32.1 Å². The molecule has 0 spiro atoms. The summed E-state index contributed by atoms with van der Waals surface area (Å²) in [5.74, 6) is -7.63. The van der Waals surface area contributed by atoms with Gasteiger partial charge in [-0.25, -0.2) is 4.79 Å². The fourth-order valence-corrected chi connectivity index (χ4v) is 8.61. The van der Waals surface area contributed by atoms with Crippen molar-refractivity contribution >= 4 is 23.4 Å². The average Bonchev–Trinajstić information content (AvgIpc) is 3.18. The number of rotatable bonds is 26. The lowest BCUT2D eigenvalue weighted by molar-refractivity contribution is -0.208. The lowest BCUT2D eigenvalue weighted by atomic mass is 9.84. The van der Waals surface area contributed by atoms with Crippen LogP contribution in [0.15, 0.2) is 35.5 Å². The predicted molar refractivity (Wildman–Crippen MR) is 223 cm³/mol. The van der Waals surface area contributed by atoms with Gasteiger partial charge in [-0.1, -0.05) is 75.5 Å². The van der Waals surface area contributed by atoms with Gasteiger partial charge in [-0.3, -0.25) is 14.4 Å². The highest BCUT2D eigenvalue weighted by Gasteiger charge is 2.47. The molecule has 1 aliphatic heterocycles. The van der Waals surface area contributed by atoms with E-state index < -0.39 is 53.5 Å². The SMILES string of the molecule is COC1CCCC(C=C(C)CC(C)C(O)CC(=O)C(C=C(C)CC(C)CCCC(CC(C)C(O)(O)C(=O)C(=O)N2CCCCC2C(=O)O)OC)CC=CCCC#N)C1. The number of carbonyl (C=O) groups is 4. The highest BCUT2D eigenvalue weighted by molar-refractivity contribution is 6.39. The topological polar surface area (TPSA) is 195 Å². The zero-order valence-electron chi connectivity index (χ0n) is 36.4. The molecule has 9 atom stereocenters. The Balaban J connectivity index is 1.97. The third kappa shape index (κ3) is 17.2. The van der Waals surface area contributed by atoms with Gasteiger partial charge in [0.15, 0.2) is 0 Å². The Morgan fingerprint density at radius 3 is 2.33 bits per heavy atom. The van der Waals surface area contributed by atoms with Gasteiger partial charge in [-0.2, -0.15) is 5.26 Å². The molecular weight excluding hydrogens is 741 g/mol. The number of amides is 1. The zero-order valence-corrected chi connectivity index (χ0v) is 36.4. The average molecular weight is 815 g/mol. The van der Waals surface area contributed by atoms with Gasteiger partial charge in [-0.15, -0.1) is 0 Å². The molecule has 0 radical (unpaired) electrons. The maximum absolute atomic E-state index is 13.7. The number of piperidine rings is 1.